The summed E-state index contributed by atoms with van der Waals surface area (Å²) < 4.78 is 12.9. The molecule has 1 unspecified atom stereocenters. The van der Waals surface area contributed by atoms with E-state index in [0.717, 1.165) is 29.7 Å². The fraction of sp³-hybridized carbons (Fsp3) is 0.300. The van der Waals surface area contributed by atoms with Crippen LogP contribution in [-0.2, 0) is 16.0 Å². The quantitative estimate of drug-likeness (QED) is 0.844. The minimum atomic E-state index is -0.314. The maximum Gasteiger partial charge on any atom is 0.227 e. The number of carbonyl (C=O) groups is 2. The predicted molar refractivity (Wildman–Crippen MR) is 94.5 cm³/mol. The van der Waals surface area contributed by atoms with Gasteiger partial charge < -0.3 is 10.6 Å². The number of benzene rings is 2. The van der Waals surface area contributed by atoms with E-state index in [4.69, 9.17) is 0 Å². The average Bonchev–Trinajstić information content (AvgIpc) is 3.42. The Kier molecular flexibility index (Phi) is 5.12. The molecule has 1 aliphatic rings. The molecule has 2 aromatic carbocycles. The SMILES string of the molecule is CC(NC(=O)Cc1ccc(F)cc1)c1ccc(NC(=O)C2CC2)cc1. The van der Waals surface area contributed by atoms with Gasteiger partial charge in [-0.3, -0.25) is 9.59 Å². The van der Waals surface area contributed by atoms with Gasteiger partial charge >= 0.3 is 0 Å². The van der Waals surface area contributed by atoms with E-state index in [2.05, 4.69) is 10.6 Å². The summed E-state index contributed by atoms with van der Waals surface area (Å²) in [5.74, 6) is -0.186. The lowest BCUT2D eigenvalue weighted by atomic mass is 10.1. The summed E-state index contributed by atoms with van der Waals surface area (Å²) in [5.41, 5.74) is 2.49. The summed E-state index contributed by atoms with van der Waals surface area (Å²) in [7, 11) is 0. The summed E-state index contributed by atoms with van der Waals surface area (Å²) in [6.07, 6.45) is 2.15. The number of nitrogens with one attached hydrogen (secondary N) is 2. The number of carbonyl (C=O) groups excluding carboxylic acids is 2. The van der Waals surface area contributed by atoms with Gasteiger partial charge in [0.05, 0.1) is 12.5 Å². The Morgan fingerprint density at radius 1 is 1.08 bits per heavy atom. The Balaban J connectivity index is 1.53. The zero-order chi connectivity index (χ0) is 17.8. The van der Waals surface area contributed by atoms with Crippen LogP contribution in [0.5, 0.6) is 0 Å². The monoisotopic (exact) mass is 340 g/mol. The van der Waals surface area contributed by atoms with Gasteiger partial charge in [-0.1, -0.05) is 24.3 Å². The number of rotatable bonds is 6. The van der Waals surface area contributed by atoms with Crippen molar-refractivity contribution in [2.24, 2.45) is 5.92 Å². The highest BCUT2D eigenvalue weighted by Crippen LogP contribution is 2.30. The lowest BCUT2D eigenvalue weighted by Crippen LogP contribution is -2.28. The Morgan fingerprint density at radius 2 is 1.72 bits per heavy atom. The third kappa shape index (κ3) is 4.89. The summed E-state index contributed by atoms with van der Waals surface area (Å²) in [4.78, 5) is 23.9. The first kappa shape index (κ1) is 17.1. The predicted octanol–water partition coefficient (Wildman–Crippen LogP) is 3.59. The zero-order valence-corrected chi connectivity index (χ0v) is 14.1. The van der Waals surface area contributed by atoms with E-state index in [1.165, 1.54) is 12.1 Å². The van der Waals surface area contributed by atoms with E-state index >= 15 is 0 Å². The molecule has 1 fully saturated rings. The van der Waals surface area contributed by atoms with Crippen molar-refractivity contribution in [2.75, 3.05) is 5.32 Å². The summed E-state index contributed by atoms with van der Waals surface area (Å²) in [6.45, 7) is 1.90. The highest BCUT2D eigenvalue weighted by Gasteiger charge is 2.29. The van der Waals surface area contributed by atoms with Gasteiger partial charge in [0, 0.05) is 11.6 Å². The standard InChI is InChI=1S/C20H21FN2O2/c1-13(22-19(24)12-14-2-8-17(21)9-3-14)15-6-10-18(11-7-15)23-20(25)16-4-5-16/h2-3,6-11,13,16H,4-5,12H2,1H3,(H,22,24)(H,23,25). The average molecular weight is 340 g/mol. The first-order valence-corrected chi connectivity index (χ1v) is 8.46. The highest BCUT2D eigenvalue weighted by atomic mass is 19.1. The van der Waals surface area contributed by atoms with Crippen molar-refractivity contribution >= 4 is 17.5 Å². The summed E-state index contributed by atoms with van der Waals surface area (Å²) >= 11 is 0. The fourth-order valence-electron chi connectivity index (χ4n) is 2.61. The van der Waals surface area contributed by atoms with E-state index in [-0.39, 0.29) is 36.0 Å². The molecule has 130 valence electrons. The van der Waals surface area contributed by atoms with Gasteiger partial charge in [0.15, 0.2) is 0 Å². The van der Waals surface area contributed by atoms with E-state index < -0.39 is 0 Å². The third-order valence-corrected chi connectivity index (χ3v) is 4.28. The topological polar surface area (TPSA) is 58.2 Å². The van der Waals surface area contributed by atoms with Crippen molar-refractivity contribution < 1.29 is 14.0 Å². The van der Waals surface area contributed by atoms with Crippen molar-refractivity contribution in [3.8, 4) is 0 Å². The molecule has 2 aromatic rings. The van der Waals surface area contributed by atoms with Crippen LogP contribution in [0.4, 0.5) is 10.1 Å². The van der Waals surface area contributed by atoms with Crippen LogP contribution in [0.15, 0.2) is 48.5 Å². The molecule has 2 amide bonds. The number of amides is 2. The smallest absolute Gasteiger partial charge is 0.227 e. The fourth-order valence-corrected chi connectivity index (χ4v) is 2.61. The Labute approximate surface area is 146 Å². The first-order valence-electron chi connectivity index (χ1n) is 8.46. The molecule has 0 saturated heterocycles. The van der Waals surface area contributed by atoms with Crippen LogP contribution in [-0.4, -0.2) is 11.8 Å². The summed E-state index contributed by atoms with van der Waals surface area (Å²) in [5, 5.41) is 5.82. The molecule has 2 N–H and O–H groups in total. The number of anilines is 1. The van der Waals surface area contributed by atoms with E-state index in [0.29, 0.717) is 0 Å². The van der Waals surface area contributed by atoms with Crippen molar-refractivity contribution in [3.05, 3.63) is 65.5 Å². The molecule has 0 radical (unpaired) electrons. The van der Waals surface area contributed by atoms with Gasteiger partial charge in [-0.15, -0.1) is 0 Å². The van der Waals surface area contributed by atoms with E-state index in [1.807, 2.05) is 31.2 Å². The maximum atomic E-state index is 12.9. The van der Waals surface area contributed by atoms with Gasteiger partial charge in [-0.05, 0) is 55.2 Å². The largest absolute Gasteiger partial charge is 0.349 e. The van der Waals surface area contributed by atoms with Gasteiger partial charge in [0.2, 0.25) is 11.8 Å². The molecular formula is C20H21FN2O2. The molecule has 5 heteroatoms. The molecule has 1 atom stereocenters. The van der Waals surface area contributed by atoms with Crippen LogP contribution in [0.1, 0.15) is 36.9 Å². The van der Waals surface area contributed by atoms with Crippen LogP contribution in [0.2, 0.25) is 0 Å². The Morgan fingerprint density at radius 3 is 2.32 bits per heavy atom. The van der Waals surface area contributed by atoms with Crippen molar-refractivity contribution in [1.29, 1.82) is 0 Å². The number of hydrogen-bond acceptors (Lipinski definition) is 2. The Hall–Kier alpha value is -2.69. The molecule has 1 saturated carbocycles. The molecule has 0 heterocycles. The van der Waals surface area contributed by atoms with E-state index in [1.54, 1.807) is 12.1 Å². The highest BCUT2D eigenvalue weighted by molar-refractivity contribution is 5.94. The van der Waals surface area contributed by atoms with Crippen LogP contribution in [0, 0.1) is 11.7 Å². The minimum absolute atomic E-state index is 0.0772. The molecule has 1 aliphatic carbocycles. The lowest BCUT2D eigenvalue weighted by molar-refractivity contribution is -0.121. The second kappa shape index (κ2) is 7.47. The normalized spacial score (nSPS) is 14.6. The molecule has 0 spiro atoms. The molecule has 3 rings (SSSR count). The van der Waals surface area contributed by atoms with Gasteiger partial charge in [-0.25, -0.2) is 4.39 Å². The second-order valence-corrected chi connectivity index (χ2v) is 6.48. The van der Waals surface area contributed by atoms with Gasteiger partial charge in [0.25, 0.3) is 0 Å². The van der Waals surface area contributed by atoms with Crippen LogP contribution in [0.3, 0.4) is 0 Å². The molecule has 4 nitrogen and oxygen atoms in total. The molecule has 0 aromatic heterocycles. The van der Waals surface area contributed by atoms with E-state index in [9.17, 15) is 14.0 Å². The van der Waals surface area contributed by atoms with Crippen LogP contribution >= 0.6 is 0 Å². The summed E-state index contributed by atoms with van der Waals surface area (Å²) in [6, 6.07) is 13.2. The van der Waals surface area contributed by atoms with Gasteiger partial charge in [-0.2, -0.15) is 0 Å². The maximum absolute atomic E-state index is 12.9. The zero-order valence-electron chi connectivity index (χ0n) is 14.1. The molecule has 25 heavy (non-hydrogen) atoms. The first-order chi connectivity index (χ1) is 12.0. The lowest BCUT2D eigenvalue weighted by Gasteiger charge is -2.15. The molecular weight excluding hydrogens is 319 g/mol. The van der Waals surface area contributed by atoms with Crippen LogP contribution < -0.4 is 10.6 Å². The Bertz CT molecular complexity index is 752. The van der Waals surface area contributed by atoms with Gasteiger partial charge in [0.1, 0.15) is 5.82 Å². The minimum Gasteiger partial charge on any atom is -0.349 e. The van der Waals surface area contributed by atoms with Crippen molar-refractivity contribution in [3.63, 3.8) is 0 Å². The number of hydrogen-bond donors (Lipinski definition) is 2. The van der Waals surface area contributed by atoms with Crippen LogP contribution in [0.25, 0.3) is 0 Å². The third-order valence-electron chi connectivity index (χ3n) is 4.28. The molecule has 0 bridgehead atoms. The molecule has 0 aliphatic heterocycles. The van der Waals surface area contributed by atoms with Crippen molar-refractivity contribution in [2.45, 2.75) is 32.2 Å². The second-order valence-electron chi connectivity index (χ2n) is 6.48. The van der Waals surface area contributed by atoms with Crippen molar-refractivity contribution in [1.82, 2.24) is 5.32 Å². The number of halogens is 1.